The van der Waals surface area contributed by atoms with Gasteiger partial charge in [-0.05, 0) is 37.0 Å². The van der Waals surface area contributed by atoms with Crippen molar-refractivity contribution in [2.24, 2.45) is 21.2 Å². The molecule has 0 aliphatic heterocycles. The molecule has 102 valence electrons. The Morgan fingerprint density at radius 3 is 2.39 bits per heavy atom. The molecule has 18 heavy (non-hydrogen) atoms. The maximum atomic E-state index is 11.4. The summed E-state index contributed by atoms with van der Waals surface area (Å²) in [6.07, 6.45) is 3.50. The lowest BCUT2D eigenvalue weighted by Gasteiger charge is -2.38. The minimum atomic E-state index is -0.209. The van der Waals surface area contributed by atoms with Crippen LogP contribution in [0.1, 0.15) is 53.9 Å². The van der Waals surface area contributed by atoms with E-state index in [0.717, 1.165) is 6.42 Å². The molecule has 2 aliphatic carbocycles. The van der Waals surface area contributed by atoms with Gasteiger partial charge in [0.1, 0.15) is 6.54 Å². The number of carbonyl (C=O) groups is 1. The predicted molar refractivity (Wildman–Crippen MR) is 72.8 cm³/mol. The van der Waals surface area contributed by atoms with Crippen LogP contribution in [0.5, 0.6) is 0 Å². The monoisotopic (exact) mass is 251 g/mol. The van der Waals surface area contributed by atoms with Crippen LogP contribution in [0.3, 0.4) is 0 Å². The molecular weight excluding hydrogens is 226 g/mol. The maximum Gasteiger partial charge on any atom is 0.327 e. The molecule has 2 saturated carbocycles. The summed E-state index contributed by atoms with van der Waals surface area (Å²) >= 11 is 0. The van der Waals surface area contributed by atoms with E-state index in [1.165, 1.54) is 18.6 Å². The molecule has 0 aromatic rings. The number of rotatable bonds is 3. The van der Waals surface area contributed by atoms with E-state index >= 15 is 0 Å². The average Bonchev–Trinajstić information content (AvgIpc) is 2.55. The molecule has 0 radical (unpaired) electrons. The average molecular weight is 251 g/mol. The van der Waals surface area contributed by atoms with E-state index in [-0.39, 0.29) is 23.3 Å². The number of aliphatic imine (C=N–C) groups is 1. The smallest absolute Gasteiger partial charge is 0.327 e. The first kappa shape index (κ1) is 13.6. The van der Waals surface area contributed by atoms with Crippen LogP contribution in [0.2, 0.25) is 0 Å². The van der Waals surface area contributed by atoms with E-state index in [1.54, 1.807) is 0 Å². The number of fused-ring (bicyclic) bond motifs is 2. The van der Waals surface area contributed by atoms with Gasteiger partial charge in [-0.2, -0.15) is 0 Å². The fraction of sp³-hybridized carbons (Fsp3) is 0.867. The second kappa shape index (κ2) is 4.07. The minimum absolute atomic E-state index is 0.161. The van der Waals surface area contributed by atoms with Gasteiger partial charge >= 0.3 is 5.97 Å². The van der Waals surface area contributed by atoms with Crippen molar-refractivity contribution in [1.29, 1.82) is 0 Å². The van der Waals surface area contributed by atoms with Gasteiger partial charge in [0.2, 0.25) is 0 Å². The zero-order chi connectivity index (χ0) is 13.6. The lowest BCUT2D eigenvalue weighted by molar-refractivity contribution is -0.141. The second-order valence-electron chi connectivity index (χ2n) is 6.76. The van der Waals surface area contributed by atoms with Crippen molar-refractivity contribution < 1.29 is 9.53 Å². The number of ether oxygens (including phenoxy) is 1. The number of hydrogen-bond donors (Lipinski definition) is 0. The standard InChI is InChI=1S/C15H25NO2/c1-6-18-12(17)10-16-11-9-14(4)7-8-15(11,5)13(14,2)3/h6-10H2,1-5H3/t14-,15+/m1/s1. The van der Waals surface area contributed by atoms with Gasteiger partial charge < -0.3 is 4.74 Å². The molecule has 2 rings (SSSR count). The minimum Gasteiger partial charge on any atom is -0.465 e. The molecule has 0 N–H and O–H groups in total. The zero-order valence-electron chi connectivity index (χ0n) is 12.3. The summed E-state index contributed by atoms with van der Waals surface area (Å²) in [5.74, 6) is -0.209. The zero-order valence-corrected chi connectivity index (χ0v) is 12.3. The molecule has 3 heteroatoms. The lowest BCUT2D eigenvalue weighted by Crippen LogP contribution is -2.34. The van der Waals surface area contributed by atoms with Crippen LogP contribution in [0.25, 0.3) is 0 Å². The molecule has 0 aromatic carbocycles. The molecule has 2 bridgehead atoms. The fourth-order valence-electron chi connectivity index (χ4n) is 3.79. The molecule has 0 spiro atoms. The van der Waals surface area contributed by atoms with Crippen LogP contribution < -0.4 is 0 Å². The van der Waals surface area contributed by atoms with Gasteiger partial charge in [0.15, 0.2) is 0 Å². The van der Waals surface area contributed by atoms with Crippen molar-refractivity contribution in [2.45, 2.75) is 53.9 Å². The van der Waals surface area contributed by atoms with Crippen molar-refractivity contribution in [3.8, 4) is 0 Å². The third-order valence-corrected chi connectivity index (χ3v) is 5.96. The third-order valence-electron chi connectivity index (χ3n) is 5.96. The first-order chi connectivity index (χ1) is 8.27. The van der Waals surface area contributed by atoms with Gasteiger partial charge in [-0.15, -0.1) is 0 Å². The Bertz CT molecular complexity index is 399. The van der Waals surface area contributed by atoms with E-state index in [2.05, 4.69) is 32.7 Å². The highest BCUT2D eigenvalue weighted by molar-refractivity contribution is 5.96. The molecular formula is C15H25NO2. The first-order valence-corrected chi connectivity index (χ1v) is 6.96. The number of nitrogens with zero attached hydrogens (tertiary/aromatic N) is 1. The Balaban J connectivity index is 2.18. The molecule has 0 amide bonds. The molecule has 3 nitrogen and oxygen atoms in total. The lowest BCUT2D eigenvalue weighted by atomic mass is 9.66. The summed E-state index contributed by atoms with van der Waals surface area (Å²) in [7, 11) is 0. The molecule has 0 aromatic heterocycles. The van der Waals surface area contributed by atoms with Crippen molar-refractivity contribution in [3.05, 3.63) is 0 Å². The molecule has 2 fully saturated rings. The Kier molecular flexibility index (Phi) is 3.07. The Labute approximate surface area is 110 Å². The van der Waals surface area contributed by atoms with E-state index in [9.17, 15) is 4.79 Å². The van der Waals surface area contributed by atoms with Crippen LogP contribution in [-0.4, -0.2) is 24.8 Å². The van der Waals surface area contributed by atoms with Crippen molar-refractivity contribution in [2.75, 3.05) is 13.2 Å². The van der Waals surface area contributed by atoms with E-state index < -0.39 is 0 Å². The van der Waals surface area contributed by atoms with Crippen molar-refractivity contribution >= 4 is 11.7 Å². The Morgan fingerprint density at radius 1 is 1.28 bits per heavy atom. The highest BCUT2D eigenvalue weighted by atomic mass is 16.5. The Hall–Kier alpha value is -0.860. The number of hydrogen-bond acceptors (Lipinski definition) is 3. The van der Waals surface area contributed by atoms with Crippen LogP contribution in [-0.2, 0) is 9.53 Å². The SMILES string of the molecule is CCOC(=O)CN=C1C[C@@]2(C)CC[C@]1(C)C2(C)C. The van der Waals surface area contributed by atoms with Crippen molar-refractivity contribution in [1.82, 2.24) is 0 Å². The van der Waals surface area contributed by atoms with Crippen LogP contribution in [0.4, 0.5) is 0 Å². The molecule has 0 unspecified atom stereocenters. The van der Waals surface area contributed by atoms with Gasteiger partial charge in [0.25, 0.3) is 0 Å². The highest BCUT2D eigenvalue weighted by Crippen LogP contribution is 2.70. The van der Waals surface area contributed by atoms with E-state index in [4.69, 9.17) is 4.74 Å². The van der Waals surface area contributed by atoms with Gasteiger partial charge in [0.05, 0.1) is 6.61 Å². The maximum absolute atomic E-state index is 11.4. The topological polar surface area (TPSA) is 38.7 Å². The second-order valence-corrected chi connectivity index (χ2v) is 6.76. The number of esters is 1. The summed E-state index contributed by atoms with van der Waals surface area (Å²) in [6.45, 7) is 11.8. The predicted octanol–water partition coefficient (Wildman–Crippen LogP) is 3.23. The first-order valence-electron chi connectivity index (χ1n) is 6.96. The van der Waals surface area contributed by atoms with Crippen LogP contribution >= 0.6 is 0 Å². The summed E-state index contributed by atoms with van der Waals surface area (Å²) in [5.41, 5.74) is 2.01. The highest BCUT2D eigenvalue weighted by Gasteiger charge is 2.65. The number of carbonyl (C=O) groups excluding carboxylic acids is 1. The molecule has 2 atom stereocenters. The Morgan fingerprint density at radius 2 is 1.94 bits per heavy atom. The van der Waals surface area contributed by atoms with E-state index in [1.807, 2.05) is 6.92 Å². The van der Waals surface area contributed by atoms with E-state index in [0.29, 0.717) is 12.0 Å². The third kappa shape index (κ3) is 1.63. The van der Waals surface area contributed by atoms with Gasteiger partial charge in [-0.3, -0.25) is 9.79 Å². The molecule has 0 saturated heterocycles. The summed E-state index contributed by atoms with van der Waals surface area (Å²) < 4.78 is 4.95. The van der Waals surface area contributed by atoms with Crippen LogP contribution in [0, 0.1) is 16.2 Å². The van der Waals surface area contributed by atoms with Gasteiger partial charge in [0, 0.05) is 11.1 Å². The molecule has 0 heterocycles. The fourth-order valence-corrected chi connectivity index (χ4v) is 3.79. The summed E-state index contributed by atoms with van der Waals surface area (Å²) in [4.78, 5) is 16.0. The van der Waals surface area contributed by atoms with Crippen LogP contribution in [0.15, 0.2) is 4.99 Å². The normalized spacial score (nSPS) is 39.3. The quantitative estimate of drug-likeness (QED) is 0.722. The summed E-state index contributed by atoms with van der Waals surface area (Å²) in [5, 5.41) is 0. The van der Waals surface area contributed by atoms with Gasteiger partial charge in [-0.1, -0.05) is 27.7 Å². The molecule has 2 aliphatic rings. The summed E-state index contributed by atoms with van der Waals surface area (Å²) in [6, 6.07) is 0. The largest absolute Gasteiger partial charge is 0.465 e. The van der Waals surface area contributed by atoms with Gasteiger partial charge in [-0.25, -0.2) is 0 Å². The van der Waals surface area contributed by atoms with Crippen molar-refractivity contribution in [3.63, 3.8) is 0 Å².